The Hall–Kier alpha value is -2.31. The Kier molecular flexibility index (Phi) is 6.40. The summed E-state index contributed by atoms with van der Waals surface area (Å²) in [6, 6.07) is 15.9. The molecule has 0 saturated carbocycles. The van der Waals surface area contributed by atoms with Crippen LogP contribution in [0.3, 0.4) is 0 Å². The van der Waals surface area contributed by atoms with E-state index in [0.717, 1.165) is 17.3 Å². The molecular formula is C21H18IrO2. The van der Waals surface area contributed by atoms with Crippen LogP contribution in [0.25, 0.3) is 0 Å². The second-order valence-corrected chi connectivity index (χ2v) is 5.41. The Bertz CT molecular complexity index is 806. The van der Waals surface area contributed by atoms with Crippen LogP contribution in [0.5, 0.6) is 11.5 Å². The maximum atomic E-state index is 5.84. The third kappa shape index (κ3) is 5.11. The molecule has 0 atom stereocenters. The maximum absolute atomic E-state index is 5.84. The zero-order chi connectivity index (χ0) is 16.1. The summed E-state index contributed by atoms with van der Waals surface area (Å²) >= 11 is 0. The smallest absolute Gasteiger partial charge is 0.169 e. The summed E-state index contributed by atoms with van der Waals surface area (Å²) < 4.78 is 11.6. The molecule has 3 rings (SSSR count). The van der Waals surface area contributed by atoms with E-state index in [1.807, 2.05) is 73.7 Å². The van der Waals surface area contributed by atoms with Crippen LogP contribution < -0.4 is 9.47 Å². The predicted octanol–water partition coefficient (Wildman–Crippen LogP) is 5.25. The Morgan fingerprint density at radius 3 is 1.83 bits per heavy atom. The van der Waals surface area contributed by atoms with Gasteiger partial charge in [0.1, 0.15) is 17.3 Å². The van der Waals surface area contributed by atoms with Gasteiger partial charge >= 0.3 is 0 Å². The summed E-state index contributed by atoms with van der Waals surface area (Å²) in [5.74, 6) is 2.98. The fraction of sp³-hybridized carbons (Fsp3) is 0.0952. The maximum Gasteiger partial charge on any atom is 0.169 e. The number of ether oxygens (including phenoxy) is 2. The molecule has 0 heterocycles. The number of hydrogen-bond acceptors (Lipinski definition) is 2. The Labute approximate surface area is 156 Å². The van der Waals surface area contributed by atoms with Gasteiger partial charge in [-0.2, -0.15) is 0 Å². The van der Waals surface area contributed by atoms with E-state index in [0.29, 0.717) is 5.76 Å². The third-order valence-electron chi connectivity index (χ3n) is 3.38. The first-order valence-electron chi connectivity index (χ1n) is 7.53. The molecule has 123 valence electrons. The van der Waals surface area contributed by atoms with Gasteiger partial charge in [0, 0.05) is 20.1 Å². The number of aryl methyl sites for hydroxylation is 2. The fourth-order valence-corrected chi connectivity index (χ4v) is 2.07. The molecule has 0 N–H and O–H groups in total. The molecular weight excluding hydrogens is 476 g/mol. The normalized spacial score (nSPS) is 12.6. The minimum Gasteiger partial charge on any atom is -0.457 e. The van der Waals surface area contributed by atoms with Gasteiger partial charge < -0.3 is 9.47 Å². The summed E-state index contributed by atoms with van der Waals surface area (Å²) in [4.78, 5) is 0. The summed E-state index contributed by atoms with van der Waals surface area (Å²) in [5.41, 5.74) is 5.50. The molecule has 0 bridgehead atoms. The van der Waals surface area contributed by atoms with E-state index >= 15 is 0 Å². The van der Waals surface area contributed by atoms with E-state index in [1.54, 1.807) is 6.08 Å². The Balaban J connectivity index is 0.00000208. The molecule has 0 aromatic heterocycles. The van der Waals surface area contributed by atoms with Crippen molar-refractivity contribution in [1.29, 1.82) is 0 Å². The van der Waals surface area contributed by atoms with E-state index in [4.69, 9.17) is 9.47 Å². The van der Waals surface area contributed by atoms with Crippen LogP contribution in [-0.4, -0.2) is 0 Å². The second-order valence-electron chi connectivity index (χ2n) is 5.41. The first-order valence-corrected chi connectivity index (χ1v) is 7.53. The van der Waals surface area contributed by atoms with Crippen LogP contribution in [0.1, 0.15) is 11.1 Å². The van der Waals surface area contributed by atoms with Crippen molar-refractivity contribution >= 4 is 0 Å². The molecule has 0 fully saturated rings. The number of benzene rings is 2. The van der Waals surface area contributed by atoms with Gasteiger partial charge in [0.05, 0.1) is 0 Å². The van der Waals surface area contributed by atoms with E-state index < -0.39 is 0 Å². The molecule has 0 aliphatic heterocycles. The average Bonchev–Trinajstić information content (AvgIpc) is 2.77. The first-order chi connectivity index (χ1) is 11.2. The molecule has 0 saturated heterocycles. The van der Waals surface area contributed by atoms with Gasteiger partial charge in [0.25, 0.3) is 0 Å². The van der Waals surface area contributed by atoms with Crippen molar-refractivity contribution in [2.75, 3.05) is 0 Å². The van der Waals surface area contributed by atoms with Crippen LogP contribution in [-0.2, 0) is 20.1 Å². The SMILES string of the molecule is Cc1ccc(OC2=C=CC=C(Oc3ccc(C)cc3)C=C2)cc1.[Ir]. The van der Waals surface area contributed by atoms with Gasteiger partial charge in [-0.25, -0.2) is 0 Å². The van der Waals surface area contributed by atoms with Gasteiger partial charge in [-0.1, -0.05) is 41.1 Å². The predicted molar refractivity (Wildman–Crippen MR) is 92.4 cm³/mol. The molecule has 1 radical (unpaired) electrons. The van der Waals surface area contributed by atoms with E-state index in [1.165, 1.54) is 11.1 Å². The molecule has 2 aromatic rings. The number of allylic oxidation sites excluding steroid dienone is 3. The standard InChI is InChI=1S/C21H18O2.Ir/c1-16-6-10-20(11-7-16)22-18-4-3-5-19(15-14-18)23-21-12-8-17(2)9-13-21;/h3-4,6-15H,1-2H3;. The molecule has 1 aliphatic rings. The van der Waals surface area contributed by atoms with E-state index in [-0.39, 0.29) is 20.1 Å². The van der Waals surface area contributed by atoms with Crippen molar-refractivity contribution in [3.8, 4) is 11.5 Å². The largest absolute Gasteiger partial charge is 0.457 e. The minimum absolute atomic E-state index is 0. The number of rotatable bonds is 4. The van der Waals surface area contributed by atoms with Crippen LogP contribution in [0.15, 0.2) is 90.1 Å². The van der Waals surface area contributed by atoms with Gasteiger partial charge in [0.15, 0.2) is 5.76 Å². The van der Waals surface area contributed by atoms with Crippen molar-refractivity contribution in [2.24, 2.45) is 0 Å². The fourth-order valence-electron chi connectivity index (χ4n) is 2.07. The third-order valence-corrected chi connectivity index (χ3v) is 3.38. The molecule has 0 unspecified atom stereocenters. The van der Waals surface area contributed by atoms with E-state index in [2.05, 4.69) is 12.7 Å². The van der Waals surface area contributed by atoms with Gasteiger partial charge in [-0.3, -0.25) is 0 Å². The first kappa shape index (κ1) is 18.0. The van der Waals surface area contributed by atoms with Crippen LogP contribution in [0.4, 0.5) is 0 Å². The summed E-state index contributed by atoms with van der Waals surface area (Å²) in [6.45, 7) is 4.10. The molecule has 1 aliphatic carbocycles. The molecule has 2 aromatic carbocycles. The number of hydrogen-bond donors (Lipinski definition) is 0. The monoisotopic (exact) mass is 495 g/mol. The second kappa shape index (κ2) is 8.52. The quantitative estimate of drug-likeness (QED) is 0.541. The molecule has 2 nitrogen and oxygen atoms in total. The molecule has 24 heavy (non-hydrogen) atoms. The minimum atomic E-state index is 0. The summed E-state index contributed by atoms with van der Waals surface area (Å²) in [5, 5.41) is 0. The molecule has 3 heteroatoms. The van der Waals surface area contributed by atoms with Crippen molar-refractivity contribution in [1.82, 2.24) is 0 Å². The molecule has 0 amide bonds. The zero-order valence-corrected chi connectivity index (χ0v) is 16.0. The van der Waals surface area contributed by atoms with Crippen LogP contribution >= 0.6 is 0 Å². The zero-order valence-electron chi connectivity index (χ0n) is 13.6. The van der Waals surface area contributed by atoms with Gasteiger partial charge in [-0.15, -0.1) is 0 Å². The topological polar surface area (TPSA) is 18.5 Å². The Morgan fingerprint density at radius 2 is 1.25 bits per heavy atom. The average molecular weight is 495 g/mol. The van der Waals surface area contributed by atoms with Crippen molar-refractivity contribution in [3.63, 3.8) is 0 Å². The van der Waals surface area contributed by atoms with Crippen molar-refractivity contribution in [2.45, 2.75) is 13.8 Å². The Morgan fingerprint density at radius 1 is 0.708 bits per heavy atom. The molecule has 0 spiro atoms. The van der Waals surface area contributed by atoms with Gasteiger partial charge in [0.2, 0.25) is 0 Å². The van der Waals surface area contributed by atoms with Crippen LogP contribution in [0.2, 0.25) is 0 Å². The van der Waals surface area contributed by atoms with Crippen molar-refractivity contribution in [3.05, 3.63) is 101 Å². The van der Waals surface area contributed by atoms with Crippen LogP contribution in [0, 0.1) is 13.8 Å². The van der Waals surface area contributed by atoms with E-state index in [9.17, 15) is 0 Å². The summed E-state index contributed by atoms with van der Waals surface area (Å²) in [6.07, 6.45) is 7.39. The van der Waals surface area contributed by atoms with Crippen molar-refractivity contribution < 1.29 is 29.6 Å². The summed E-state index contributed by atoms with van der Waals surface area (Å²) in [7, 11) is 0. The van der Waals surface area contributed by atoms with Gasteiger partial charge in [-0.05, 0) is 62.4 Å².